The largest absolute Gasteiger partial charge is 0.394 e. The molecule has 0 bridgehead atoms. The van der Waals surface area contributed by atoms with Gasteiger partial charge in [-0.1, -0.05) is 380 Å². The second-order valence-electron chi connectivity index (χ2n) is 28.9. The molecule has 1 amide bonds. The van der Waals surface area contributed by atoms with Crippen LogP contribution < -0.4 is 5.32 Å². The van der Waals surface area contributed by atoms with Crippen LogP contribution in [0.15, 0.2) is 0 Å². The lowest BCUT2D eigenvalue weighted by atomic mass is 9.97. The van der Waals surface area contributed by atoms with Crippen molar-refractivity contribution < 1.29 is 64.6 Å². The molecule has 0 aromatic rings. The molecule has 92 heavy (non-hydrogen) atoms. The highest BCUT2D eigenvalue weighted by atomic mass is 16.7. The predicted molar refractivity (Wildman–Crippen MR) is 379 cm³/mol. The van der Waals surface area contributed by atoms with Gasteiger partial charge in [-0.3, -0.25) is 4.79 Å². The summed E-state index contributed by atoms with van der Waals surface area (Å²) in [5.41, 5.74) is 0. The quantitative estimate of drug-likeness (QED) is 0.0259. The Morgan fingerprint density at radius 2 is 0.620 bits per heavy atom. The van der Waals surface area contributed by atoms with E-state index in [-0.39, 0.29) is 12.5 Å². The van der Waals surface area contributed by atoms with Crippen LogP contribution in [0.1, 0.15) is 399 Å². The third kappa shape index (κ3) is 46.3. The van der Waals surface area contributed by atoms with Crippen LogP contribution in [-0.2, 0) is 23.7 Å². The van der Waals surface area contributed by atoms with Crippen molar-refractivity contribution in [3.8, 4) is 0 Å². The van der Waals surface area contributed by atoms with Gasteiger partial charge in [0.2, 0.25) is 5.91 Å². The third-order valence-electron chi connectivity index (χ3n) is 20.3. The summed E-state index contributed by atoms with van der Waals surface area (Å²) < 4.78 is 23.0. The van der Waals surface area contributed by atoms with Gasteiger partial charge in [0.15, 0.2) is 12.6 Å². The van der Waals surface area contributed by atoms with Crippen LogP contribution in [-0.4, -0.2) is 140 Å². The molecule has 0 spiro atoms. The van der Waals surface area contributed by atoms with Gasteiger partial charge in [0, 0.05) is 6.42 Å². The van der Waals surface area contributed by atoms with Crippen molar-refractivity contribution in [3.63, 3.8) is 0 Å². The Hall–Kier alpha value is -1.01. The molecule has 0 radical (unpaired) electrons. The van der Waals surface area contributed by atoms with Crippen molar-refractivity contribution in [2.75, 3.05) is 19.8 Å². The molecule has 0 aliphatic carbocycles. The van der Waals surface area contributed by atoms with E-state index < -0.39 is 86.8 Å². The maximum Gasteiger partial charge on any atom is 0.220 e. The fraction of sp³-hybridized carbons (Fsp3) is 0.987. The number of unbranched alkanes of at least 4 members (excludes halogenated alkanes) is 56. The van der Waals surface area contributed by atoms with Crippen LogP contribution in [0.25, 0.3) is 0 Å². The van der Waals surface area contributed by atoms with Crippen molar-refractivity contribution in [3.05, 3.63) is 0 Å². The zero-order valence-corrected chi connectivity index (χ0v) is 60.1. The lowest BCUT2D eigenvalue weighted by Crippen LogP contribution is -2.65. The molecule has 12 atom stereocenters. The number of hydrogen-bond donors (Lipinski definition) is 9. The number of aliphatic hydroxyl groups excluding tert-OH is 8. The maximum absolute atomic E-state index is 13.4. The second kappa shape index (κ2) is 63.4. The molecule has 12 unspecified atom stereocenters. The molecule has 14 heteroatoms. The second-order valence-corrected chi connectivity index (χ2v) is 28.9. The number of rotatable bonds is 69. The number of carbonyl (C=O) groups excluding carboxylic acids is 1. The number of hydrogen-bond acceptors (Lipinski definition) is 13. The van der Waals surface area contributed by atoms with E-state index in [0.717, 1.165) is 51.4 Å². The van der Waals surface area contributed by atoms with Crippen LogP contribution in [0.5, 0.6) is 0 Å². The van der Waals surface area contributed by atoms with E-state index in [0.29, 0.717) is 12.8 Å². The van der Waals surface area contributed by atoms with Crippen LogP contribution >= 0.6 is 0 Å². The lowest BCUT2D eigenvalue weighted by molar-refractivity contribution is -0.359. The Labute approximate surface area is 565 Å². The Morgan fingerprint density at radius 3 is 0.924 bits per heavy atom. The minimum atomic E-state index is -1.78. The van der Waals surface area contributed by atoms with Crippen LogP contribution in [0.4, 0.5) is 0 Å². The zero-order chi connectivity index (χ0) is 66.6. The van der Waals surface area contributed by atoms with Gasteiger partial charge in [0.1, 0.15) is 48.8 Å². The first-order valence-electron chi connectivity index (χ1n) is 40.3. The van der Waals surface area contributed by atoms with E-state index in [1.165, 1.54) is 321 Å². The lowest BCUT2D eigenvalue weighted by Gasteiger charge is -2.46. The molecule has 2 saturated heterocycles. The van der Waals surface area contributed by atoms with Gasteiger partial charge in [-0.05, 0) is 12.8 Å². The summed E-state index contributed by atoms with van der Waals surface area (Å²) in [5, 5.41) is 87.8. The fourth-order valence-electron chi connectivity index (χ4n) is 14.0. The van der Waals surface area contributed by atoms with Gasteiger partial charge in [0.25, 0.3) is 0 Å². The molecule has 0 aromatic heterocycles. The van der Waals surface area contributed by atoms with E-state index >= 15 is 0 Å². The molecule has 0 saturated carbocycles. The first-order valence-corrected chi connectivity index (χ1v) is 40.3. The summed E-state index contributed by atoms with van der Waals surface area (Å²) in [6.45, 7) is 2.95. The molecule has 548 valence electrons. The van der Waals surface area contributed by atoms with Crippen molar-refractivity contribution in [2.24, 2.45) is 0 Å². The van der Waals surface area contributed by atoms with Crippen LogP contribution in [0.3, 0.4) is 0 Å². The smallest absolute Gasteiger partial charge is 0.220 e. The minimum absolute atomic E-state index is 0.195. The molecule has 2 rings (SSSR count). The Bertz CT molecular complexity index is 1550. The number of ether oxygens (including phenoxy) is 4. The molecule has 2 aliphatic heterocycles. The minimum Gasteiger partial charge on any atom is -0.394 e. The summed E-state index contributed by atoms with van der Waals surface area (Å²) >= 11 is 0. The summed E-state index contributed by atoms with van der Waals surface area (Å²) in [6, 6.07) is -0.825. The molecule has 2 fully saturated rings. The average Bonchev–Trinajstić information content (AvgIpc) is 0.829. The summed E-state index contributed by atoms with van der Waals surface area (Å²) in [5.74, 6) is -0.195. The topological polar surface area (TPSA) is 228 Å². The zero-order valence-electron chi connectivity index (χ0n) is 60.1. The molecule has 2 aliphatic rings. The van der Waals surface area contributed by atoms with Gasteiger partial charge >= 0.3 is 0 Å². The first kappa shape index (κ1) is 87.1. The van der Waals surface area contributed by atoms with Gasteiger partial charge in [0.05, 0.1) is 32.0 Å². The first-order chi connectivity index (χ1) is 45.1. The van der Waals surface area contributed by atoms with Crippen molar-refractivity contribution >= 4 is 5.91 Å². The van der Waals surface area contributed by atoms with Gasteiger partial charge in [-0.2, -0.15) is 0 Å². The van der Waals surface area contributed by atoms with E-state index in [1.54, 1.807) is 0 Å². The number of amides is 1. The molecular formula is C78H153NO13. The van der Waals surface area contributed by atoms with E-state index in [1.807, 2.05) is 0 Å². The predicted octanol–water partition coefficient (Wildman–Crippen LogP) is 17.9. The standard InChI is InChI=1S/C78H153NO13/c1-3-5-7-9-11-13-15-17-19-21-23-25-27-29-30-31-32-33-34-35-36-38-40-42-44-46-48-50-52-54-56-58-60-62-70(83)79-66(65-89-77-75(88)73(86)76(69(64-81)91-77)92-78-74(87)72(85)71(84)68(63-80)90-78)67(82)61-59-57-55-53-51-49-47-45-43-41-39-37-28-26-24-22-20-18-16-14-12-10-8-6-4-2/h66-69,71-78,80-82,84-88H,3-65H2,1-2H3,(H,79,83). The monoisotopic (exact) mass is 1310 g/mol. The molecule has 14 nitrogen and oxygen atoms in total. The molecule has 2 heterocycles. The highest BCUT2D eigenvalue weighted by molar-refractivity contribution is 5.76. The molecule has 9 N–H and O–H groups in total. The van der Waals surface area contributed by atoms with E-state index in [9.17, 15) is 45.6 Å². The number of nitrogens with one attached hydrogen (secondary N) is 1. The fourth-order valence-corrected chi connectivity index (χ4v) is 14.0. The molecule has 0 aromatic carbocycles. The normalized spacial score (nSPS) is 22.5. The SMILES string of the molecule is CCCCCCCCCCCCCCCCCCCCCCCCCCCCCCCCCCCC(=O)NC(COC1OC(CO)C(OC2OC(CO)C(O)C(O)C2O)C(O)C1O)C(O)CCCCCCCCCCCCCCCCCCCCCCCCCCC. The Kier molecular flexibility index (Phi) is 60.0. The van der Waals surface area contributed by atoms with E-state index in [4.69, 9.17) is 18.9 Å². The number of aliphatic hydroxyl groups is 8. The average molecular weight is 1310 g/mol. The Morgan fingerprint density at radius 1 is 0.348 bits per heavy atom. The van der Waals surface area contributed by atoms with Crippen LogP contribution in [0.2, 0.25) is 0 Å². The summed E-state index contributed by atoms with van der Waals surface area (Å²) in [7, 11) is 0. The highest BCUT2D eigenvalue weighted by Gasteiger charge is 2.51. The van der Waals surface area contributed by atoms with Crippen molar-refractivity contribution in [1.82, 2.24) is 5.32 Å². The third-order valence-corrected chi connectivity index (χ3v) is 20.3. The van der Waals surface area contributed by atoms with Gasteiger partial charge in [-0.25, -0.2) is 0 Å². The van der Waals surface area contributed by atoms with Crippen LogP contribution in [0, 0.1) is 0 Å². The van der Waals surface area contributed by atoms with Gasteiger partial charge < -0.3 is 65.1 Å². The van der Waals surface area contributed by atoms with Crippen molar-refractivity contribution in [1.29, 1.82) is 0 Å². The summed E-state index contributed by atoms with van der Waals surface area (Å²) in [6.07, 6.45) is 61.5. The Balaban J connectivity index is 1.59. The molecular weight excluding hydrogens is 1160 g/mol. The highest BCUT2D eigenvalue weighted by Crippen LogP contribution is 2.31. The maximum atomic E-state index is 13.4. The van der Waals surface area contributed by atoms with Gasteiger partial charge in [-0.15, -0.1) is 0 Å². The van der Waals surface area contributed by atoms with E-state index in [2.05, 4.69) is 19.2 Å². The van der Waals surface area contributed by atoms with Crippen molar-refractivity contribution in [2.45, 2.75) is 473 Å². The summed E-state index contributed by atoms with van der Waals surface area (Å²) in [4.78, 5) is 13.4. The number of carbonyl (C=O) groups is 1.